The molecule has 0 spiro atoms. The van der Waals surface area contributed by atoms with Crippen molar-refractivity contribution >= 4 is 11.8 Å². The van der Waals surface area contributed by atoms with Crippen LogP contribution in [0.3, 0.4) is 0 Å². The summed E-state index contributed by atoms with van der Waals surface area (Å²) in [5.41, 5.74) is 3.06. The van der Waals surface area contributed by atoms with Gasteiger partial charge in [-0.25, -0.2) is 0 Å². The number of benzene rings is 2. The first-order valence-corrected chi connectivity index (χ1v) is 11.4. The number of hydrogen-bond donors (Lipinski definition) is 1. The quantitative estimate of drug-likeness (QED) is 0.599. The Kier molecular flexibility index (Phi) is 8.88. The Morgan fingerprint density at radius 1 is 1.03 bits per heavy atom. The van der Waals surface area contributed by atoms with E-state index in [0.717, 1.165) is 23.1 Å². The van der Waals surface area contributed by atoms with E-state index >= 15 is 0 Å². The van der Waals surface area contributed by atoms with Crippen molar-refractivity contribution in [1.29, 1.82) is 0 Å². The van der Waals surface area contributed by atoms with Crippen LogP contribution >= 0.6 is 0 Å². The number of nitrogens with zero attached hydrogens (tertiary/aromatic N) is 1. The maximum absolute atomic E-state index is 13.3. The zero-order chi connectivity index (χ0) is 23.9. The van der Waals surface area contributed by atoms with Gasteiger partial charge in [0, 0.05) is 12.6 Å². The molecular weight excluding hydrogens is 400 g/mol. The van der Waals surface area contributed by atoms with Crippen LogP contribution in [0.5, 0.6) is 5.75 Å². The standard InChI is InChI=1S/C27H38N2O3/c1-8-20(3)28-26(31)21(4)29(17-22-15-13-19(2)14-16-22)25(30)18-32-24-12-10-9-11-23(24)27(5,6)7/h9-16,20-21H,8,17-18H2,1-7H3,(H,28,31)/t20-,21-/m0/s1. The molecule has 0 fully saturated rings. The highest BCUT2D eigenvalue weighted by molar-refractivity contribution is 5.88. The molecule has 2 rings (SSSR count). The molecule has 0 saturated carbocycles. The number of ether oxygens (including phenoxy) is 1. The van der Waals surface area contributed by atoms with Crippen LogP contribution in [-0.2, 0) is 21.5 Å². The van der Waals surface area contributed by atoms with Gasteiger partial charge in [0.1, 0.15) is 11.8 Å². The third-order valence-corrected chi connectivity index (χ3v) is 5.69. The molecule has 0 aliphatic rings. The average Bonchev–Trinajstić information content (AvgIpc) is 2.76. The van der Waals surface area contributed by atoms with Gasteiger partial charge in [-0.3, -0.25) is 9.59 Å². The molecular formula is C27H38N2O3. The second-order valence-electron chi connectivity index (χ2n) is 9.54. The van der Waals surface area contributed by atoms with Crippen molar-refractivity contribution in [3.63, 3.8) is 0 Å². The Morgan fingerprint density at radius 3 is 2.25 bits per heavy atom. The average molecular weight is 439 g/mol. The molecule has 2 amide bonds. The lowest BCUT2D eigenvalue weighted by Crippen LogP contribution is -2.50. The van der Waals surface area contributed by atoms with Crippen LogP contribution in [0.15, 0.2) is 48.5 Å². The number of nitrogens with one attached hydrogen (secondary N) is 1. The van der Waals surface area contributed by atoms with Crippen LogP contribution in [0, 0.1) is 6.92 Å². The third kappa shape index (κ3) is 7.11. The maximum atomic E-state index is 13.3. The maximum Gasteiger partial charge on any atom is 0.261 e. The summed E-state index contributed by atoms with van der Waals surface area (Å²) in [4.78, 5) is 27.7. The summed E-state index contributed by atoms with van der Waals surface area (Å²) in [5.74, 6) is 0.316. The minimum Gasteiger partial charge on any atom is -0.483 e. The zero-order valence-electron chi connectivity index (χ0n) is 20.6. The fourth-order valence-corrected chi connectivity index (χ4v) is 3.37. The topological polar surface area (TPSA) is 58.6 Å². The number of amides is 2. The smallest absolute Gasteiger partial charge is 0.261 e. The molecule has 0 unspecified atom stereocenters. The molecule has 32 heavy (non-hydrogen) atoms. The molecule has 2 aromatic rings. The largest absolute Gasteiger partial charge is 0.483 e. The second kappa shape index (κ2) is 11.2. The number of carbonyl (C=O) groups is 2. The SMILES string of the molecule is CC[C@H](C)NC(=O)[C@H](C)N(Cc1ccc(C)cc1)C(=O)COc1ccccc1C(C)(C)C. The van der Waals surface area contributed by atoms with Crippen LogP contribution in [0.4, 0.5) is 0 Å². The van der Waals surface area contributed by atoms with Crippen LogP contribution < -0.4 is 10.1 Å². The normalized spacial score (nSPS) is 13.2. The fraction of sp³-hybridized carbons (Fsp3) is 0.481. The van der Waals surface area contributed by atoms with Gasteiger partial charge in [0.2, 0.25) is 5.91 Å². The Balaban J connectivity index is 2.21. The first-order chi connectivity index (χ1) is 15.0. The van der Waals surface area contributed by atoms with Gasteiger partial charge in [0.05, 0.1) is 0 Å². The summed E-state index contributed by atoms with van der Waals surface area (Å²) in [5, 5.41) is 2.99. The molecule has 0 aliphatic heterocycles. The van der Waals surface area contributed by atoms with Crippen LogP contribution in [-0.4, -0.2) is 35.4 Å². The van der Waals surface area contributed by atoms with Crippen molar-refractivity contribution in [2.45, 2.75) is 78.9 Å². The van der Waals surface area contributed by atoms with Crippen molar-refractivity contribution in [3.05, 3.63) is 65.2 Å². The molecule has 2 aromatic carbocycles. The third-order valence-electron chi connectivity index (χ3n) is 5.69. The van der Waals surface area contributed by atoms with Crippen LogP contribution in [0.2, 0.25) is 0 Å². The molecule has 1 N–H and O–H groups in total. The predicted molar refractivity (Wildman–Crippen MR) is 130 cm³/mol. The van der Waals surface area contributed by atoms with E-state index in [1.54, 1.807) is 11.8 Å². The molecule has 0 radical (unpaired) electrons. The van der Waals surface area contributed by atoms with E-state index in [-0.39, 0.29) is 29.9 Å². The number of aryl methyl sites for hydroxylation is 1. The van der Waals surface area contributed by atoms with Crippen molar-refractivity contribution in [3.8, 4) is 5.75 Å². The minimum atomic E-state index is -0.612. The Labute approximate surface area is 193 Å². The van der Waals surface area contributed by atoms with Crippen molar-refractivity contribution in [1.82, 2.24) is 10.2 Å². The highest BCUT2D eigenvalue weighted by atomic mass is 16.5. The summed E-state index contributed by atoms with van der Waals surface area (Å²) in [6, 6.07) is 15.2. The Morgan fingerprint density at radius 2 is 1.66 bits per heavy atom. The lowest BCUT2D eigenvalue weighted by molar-refractivity contribution is -0.142. The fourth-order valence-electron chi connectivity index (χ4n) is 3.37. The molecule has 0 bridgehead atoms. The van der Waals surface area contributed by atoms with Gasteiger partial charge in [0.15, 0.2) is 6.61 Å². The summed E-state index contributed by atoms with van der Waals surface area (Å²) >= 11 is 0. The number of rotatable bonds is 9. The Hall–Kier alpha value is -2.82. The summed E-state index contributed by atoms with van der Waals surface area (Å²) < 4.78 is 5.97. The van der Waals surface area contributed by atoms with Crippen molar-refractivity contribution in [2.24, 2.45) is 0 Å². The summed E-state index contributed by atoms with van der Waals surface area (Å²) in [7, 11) is 0. The molecule has 5 heteroatoms. The lowest BCUT2D eigenvalue weighted by Gasteiger charge is -2.30. The van der Waals surface area contributed by atoms with E-state index in [2.05, 4.69) is 26.1 Å². The van der Waals surface area contributed by atoms with Gasteiger partial charge >= 0.3 is 0 Å². The van der Waals surface area contributed by atoms with Crippen molar-refractivity contribution in [2.75, 3.05) is 6.61 Å². The molecule has 2 atom stereocenters. The van der Waals surface area contributed by atoms with Gasteiger partial charge in [-0.05, 0) is 49.8 Å². The van der Waals surface area contributed by atoms with E-state index in [4.69, 9.17) is 4.74 Å². The van der Waals surface area contributed by atoms with E-state index in [0.29, 0.717) is 12.3 Å². The van der Waals surface area contributed by atoms with E-state index in [1.165, 1.54) is 0 Å². The highest BCUT2D eigenvalue weighted by Gasteiger charge is 2.28. The minimum absolute atomic E-state index is 0.0520. The van der Waals surface area contributed by atoms with Gasteiger partial charge in [-0.1, -0.05) is 75.7 Å². The summed E-state index contributed by atoms with van der Waals surface area (Å²) in [6.45, 7) is 14.3. The molecule has 0 saturated heterocycles. The number of carbonyl (C=O) groups excluding carboxylic acids is 2. The molecule has 0 heterocycles. The van der Waals surface area contributed by atoms with Crippen LogP contribution in [0.1, 0.15) is 64.7 Å². The highest BCUT2D eigenvalue weighted by Crippen LogP contribution is 2.31. The van der Waals surface area contributed by atoms with E-state index < -0.39 is 6.04 Å². The monoisotopic (exact) mass is 438 g/mol. The first-order valence-electron chi connectivity index (χ1n) is 11.4. The van der Waals surface area contributed by atoms with E-state index in [1.807, 2.05) is 69.3 Å². The molecule has 174 valence electrons. The van der Waals surface area contributed by atoms with Gasteiger partial charge < -0.3 is 15.0 Å². The lowest BCUT2D eigenvalue weighted by atomic mass is 9.86. The van der Waals surface area contributed by atoms with Gasteiger partial charge in [-0.2, -0.15) is 0 Å². The van der Waals surface area contributed by atoms with E-state index in [9.17, 15) is 9.59 Å². The number of hydrogen-bond acceptors (Lipinski definition) is 3. The first kappa shape index (κ1) is 25.4. The second-order valence-corrected chi connectivity index (χ2v) is 9.54. The van der Waals surface area contributed by atoms with Crippen LogP contribution in [0.25, 0.3) is 0 Å². The predicted octanol–water partition coefficient (Wildman–Crippen LogP) is 5.00. The molecule has 0 aliphatic carbocycles. The van der Waals surface area contributed by atoms with Gasteiger partial charge in [-0.15, -0.1) is 0 Å². The number of para-hydroxylation sites is 1. The Bertz CT molecular complexity index is 900. The van der Waals surface area contributed by atoms with Gasteiger partial charge in [0.25, 0.3) is 5.91 Å². The van der Waals surface area contributed by atoms with Crippen molar-refractivity contribution < 1.29 is 14.3 Å². The molecule has 0 aromatic heterocycles. The molecule has 5 nitrogen and oxygen atoms in total. The zero-order valence-corrected chi connectivity index (χ0v) is 20.6. The summed E-state index contributed by atoms with van der Waals surface area (Å²) in [6.07, 6.45) is 0.830.